The molecule has 0 spiro atoms. The minimum atomic E-state index is -4.62. The largest absolute Gasteiger partial charge is 0.417 e. The van der Waals surface area contributed by atoms with E-state index in [2.05, 4.69) is 15.9 Å². The summed E-state index contributed by atoms with van der Waals surface area (Å²) in [5.41, 5.74) is -1.42. The van der Waals surface area contributed by atoms with Crippen LogP contribution in [0.25, 0.3) is 0 Å². The van der Waals surface area contributed by atoms with E-state index in [1.165, 1.54) is 4.72 Å². The van der Waals surface area contributed by atoms with E-state index >= 15 is 0 Å². The molecule has 0 aromatic heterocycles. The molecule has 1 rings (SSSR count). The van der Waals surface area contributed by atoms with Crippen LogP contribution in [0.4, 0.5) is 18.9 Å². The van der Waals surface area contributed by atoms with Gasteiger partial charge in [0.05, 0.1) is 11.3 Å². The number of nitrogens with one attached hydrogen (secondary N) is 1. The molecule has 0 saturated heterocycles. The average molecular weight is 320 g/mol. The third-order valence-corrected chi connectivity index (χ3v) is 2.70. The molecule has 0 atom stereocenters. The SMILES string of the molecule is O=S(=O)(O)Nc1ccc(Br)c(C(F)(F)F)c1. The van der Waals surface area contributed by atoms with Crippen LogP contribution < -0.4 is 4.72 Å². The van der Waals surface area contributed by atoms with Crippen LogP contribution >= 0.6 is 15.9 Å². The summed E-state index contributed by atoms with van der Waals surface area (Å²) in [6.45, 7) is 0. The fourth-order valence-electron chi connectivity index (χ4n) is 0.955. The van der Waals surface area contributed by atoms with Crippen molar-refractivity contribution < 1.29 is 26.1 Å². The molecule has 2 N–H and O–H groups in total. The van der Waals surface area contributed by atoms with Crippen LogP contribution in [-0.4, -0.2) is 13.0 Å². The molecule has 0 amide bonds. The topological polar surface area (TPSA) is 66.4 Å². The number of anilines is 1. The predicted molar refractivity (Wildman–Crippen MR) is 54.3 cm³/mol. The molecule has 1 aromatic carbocycles. The van der Waals surface area contributed by atoms with Gasteiger partial charge in [-0.1, -0.05) is 15.9 Å². The van der Waals surface area contributed by atoms with Crippen molar-refractivity contribution in [3.63, 3.8) is 0 Å². The summed E-state index contributed by atoms with van der Waals surface area (Å²) in [4.78, 5) is 0. The third kappa shape index (κ3) is 3.65. The molecule has 0 aliphatic rings. The lowest BCUT2D eigenvalue weighted by molar-refractivity contribution is -0.138. The van der Waals surface area contributed by atoms with Crippen LogP contribution in [0.1, 0.15) is 5.56 Å². The Morgan fingerprint density at radius 1 is 1.31 bits per heavy atom. The van der Waals surface area contributed by atoms with Gasteiger partial charge in [-0.25, -0.2) is 0 Å². The number of rotatable bonds is 2. The van der Waals surface area contributed by atoms with Gasteiger partial charge in [0.1, 0.15) is 0 Å². The Labute approximate surface area is 97.5 Å². The van der Waals surface area contributed by atoms with Crippen molar-refractivity contribution in [1.82, 2.24) is 0 Å². The lowest BCUT2D eigenvalue weighted by Crippen LogP contribution is -2.12. The highest BCUT2D eigenvalue weighted by molar-refractivity contribution is 9.10. The molecule has 0 aliphatic carbocycles. The van der Waals surface area contributed by atoms with Crippen LogP contribution in [0.5, 0.6) is 0 Å². The molecule has 0 heterocycles. The summed E-state index contributed by atoms with van der Waals surface area (Å²) in [5.74, 6) is 0. The second-order valence-electron chi connectivity index (χ2n) is 2.77. The molecular formula is C7H5BrF3NO3S. The van der Waals surface area contributed by atoms with Crippen molar-refractivity contribution in [2.75, 3.05) is 4.72 Å². The van der Waals surface area contributed by atoms with Crippen molar-refractivity contribution in [2.45, 2.75) is 6.18 Å². The minimum Gasteiger partial charge on any atom is -0.269 e. The molecule has 0 saturated carbocycles. The van der Waals surface area contributed by atoms with Gasteiger partial charge >= 0.3 is 16.5 Å². The molecule has 0 bridgehead atoms. The molecule has 4 nitrogen and oxygen atoms in total. The van der Waals surface area contributed by atoms with Crippen molar-refractivity contribution in [1.29, 1.82) is 0 Å². The van der Waals surface area contributed by atoms with E-state index in [1.54, 1.807) is 0 Å². The zero-order valence-electron chi connectivity index (χ0n) is 7.42. The first-order chi connectivity index (χ1) is 7.09. The van der Waals surface area contributed by atoms with Crippen molar-refractivity contribution >= 4 is 31.9 Å². The van der Waals surface area contributed by atoms with Crippen LogP contribution in [0.2, 0.25) is 0 Å². The van der Waals surface area contributed by atoms with Crippen molar-refractivity contribution in [2.24, 2.45) is 0 Å². The number of hydrogen-bond donors (Lipinski definition) is 2. The fraction of sp³-hybridized carbons (Fsp3) is 0.143. The van der Waals surface area contributed by atoms with E-state index in [0.717, 1.165) is 12.1 Å². The third-order valence-electron chi connectivity index (χ3n) is 1.52. The highest BCUT2D eigenvalue weighted by atomic mass is 79.9. The summed E-state index contributed by atoms with van der Waals surface area (Å²) < 4.78 is 67.7. The molecular weight excluding hydrogens is 315 g/mol. The van der Waals surface area contributed by atoms with Crippen molar-refractivity contribution in [3.05, 3.63) is 28.2 Å². The van der Waals surface area contributed by atoms with Gasteiger partial charge in [-0.15, -0.1) is 0 Å². The molecule has 0 radical (unpaired) electrons. The van der Waals surface area contributed by atoms with E-state index in [0.29, 0.717) is 6.07 Å². The molecule has 90 valence electrons. The van der Waals surface area contributed by atoms with E-state index in [-0.39, 0.29) is 10.2 Å². The first-order valence-corrected chi connectivity index (χ1v) is 5.95. The number of benzene rings is 1. The first kappa shape index (κ1) is 13.3. The Balaban J connectivity index is 3.18. The lowest BCUT2D eigenvalue weighted by atomic mass is 10.2. The monoisotopic (exact) mass is 319 g/mol. The smallest absolute Gasteiger partial charge is 0.269 e. The molecule has 0 unspecified atom stereocenters. The summed E-state index contributed by atoms with van der Waals surface area (Å²) in [7, 11) is -4.58. The summed E-state index contributed by atoms with van der Waals surface area (Å²) in [5, 5.41) is 0. The van der Waals surface area contributed by atoms with Crippen LogP contribution in [0, 0.1) is 0 Å². The van der Waals surface area contributed by atoms with Gasteiger partial charge in [0, 0.05) is 4.47 Å². The van der Waals surface area contributed by atoms with Gasteiger partial charge in [0.25, 0.3) is 0 Å². The maximum atomic E-state index is 12.4. The fourth-order valence-corrected chi connectivity index (χ4v) is 1.85. The summed E-state index contributed by atoms with van der Waals surface area (Å²) >= 11 is 2.69. The predicted octanol–water partition coefficient (Wildman–Crippen LogP) is 2.68. The zero-order valence-corrected chi connectivity index (χ0v) is 9.82. The highest BCUT2D eigenvalue weighted by Gasteiger charge is 2.33. The number of hydrogen-bond acceptors (Lipinski definition) is 2. The number of alkyl halides is 3. The second kappa shape index (κ2) is 4.22. The maximum Gasteiger partial charge on any atom is 0.417 e. The van der Waals surface area contributed by atoms with Gasteiger partial charge in [-0.3, -0.25) is 9.27 Å². The van der Waals surface area contributed by atoms with Gasteiger partial charge < -0.3 is 0 Å². The van der Waals surface area contributed by atoms with E-state index < -0.39 is 22.0 Å². The quantitative estimate of drug-likeness (QED) is 0.824. The molecule has 1 aromatic rings. The van der Waals surface area contributed by atoms with E-state index in [1.807, 2.05) is 0 Å². The molecule has 9 heteroatoms. The molecule has 0 fully saturated rings. The second-order valence-corrected chi connectivity index (χ2v) is 4.78. The Morgan fingerprint density at radius 3 is 2.31 bits per heavy atom. The van der Waals surface area contributed by atoms with Gasteiger partial charge in [-0.05, 0) is 18.2 Å². The van der Waals surface area contributed by atoms with Gasteiger partial charge in [0.15, 0.2) is 0 Å². The van der Waals surface area contributed by atoms with E-state index in [4.69, 9.17) is 4.55 Å². The highest BCUT2D eigenvalue weighted by Crippen LogP contribution is 2.36. The van der Waals surface area contributed by atoms with E-state index in [9.17, 15) is 21.6 Å². The number of halogens is 4. The van der Waals surface area contributed by atoms with Crippen LogP contribution in [-0.2, 0) is 16.5 Å². The van der Waals surface area contributed by atoms with Gasteiger partial charge in [-0.2, -0.15) is 21.6 Å². The molecule has 0 aliphatic heterocycles. The Kier molecular flexibility index (Phi) is 3.50. The summed E-state index contributed by atoms with van der Waals surface area (Å²) in [6.07, 6.45) is -4.62. The molecule has 16 heavy (non-hydrogen) atoms. The standard InChI is InChI=1S/C7H5BrF3NO3S/c8-6-2-1-4(12-16(13,14)15)3-5(6)7(9,10)11/h1-3,12H,(H,13,14,15). The Morgan fingerprint density at radius 2 is 1.88 bits per heavy atom. The maximum absolute atomic E-state index is 12.4. The normalized spacial score (nSPS) is 12.6. The average Bonchev–Trinajstić information content (AvgIpc) is 2.04. The zero-order chi connectivity index (χ0) is 12.6. The lowest BCUT2D eigenvalue weighted by Gasteiger charge is -2.11. The van der Waals surface area contributed by atoms with Crippen LogP contribution in [0.3, 0.4) is 0 Å². The van der Waals surface area contributed by atoms with Crippen LogP contribution in [0.15, 0.2) is 22.7 Å². The first-order valence-electron chi connectivity index (χ1n) is 3.71. The Hall–Kier alpha value is -0.800. The Bertz CT molecular complexity index is 500. The summed E-state index contributed by atoms with van der Waals surface area (Å²) in [6, 6.07) is 2.67. The van der Waals surface area contributed by atoms with Crippen molar-refractivity contribution in [3.8, 4) is 0 Å². The van der Waals surface area contributed by atoms with Gasteiger partial charge in [0.2, 0.25) is 0 Å². The minimum absolute atomic E-state index is 0.221.